The summed E-state index contributed by atoms with van der Waals surface area (Å²) in [5.74, 6) is -1.09. The lowest BCUT2D eigenvalue weighted by Crippen LogP contribution is -2.35. The van der Waals surface area contributed by atoms with Crippen LogP contribution in [0.25, 0.3) is 0 Å². The van der Waals surface area contributed by atoms with Crippen LogP contribution in [0.4, 0.5) is 0 Å². The predicted octanol–water partition coefficient (Wildman–Crippen LogP) is 1.22. The fraction of sp³-hybridized carbons (Fsp3) is 0.200. The second kappa shape index (κ2) is 5.72. The largest absolute Gasteiger partial charge is 0.368 e. The fourth-order valence-electron chi connectivity index (χ4n) is 1.05. The van der Waals surface area contributed by atoms with Crippen molar-refractivity contribution in [3.05, 3.63) is 34.9 Å². The maximum Gasteiger partial charge on any atom is 0.243 e. The zero-order valence-electron chi connectivity index (χ0n) is 8.24. The Kier molecular flexibility index (Phi) is 4.58. The van der Waals surface area contributed by atoms with Gasteiger partial charge < -0.3 is 11.1 Å². The Labute approximate surface area is 103 Å². The number of primary amides is 1. The van der Waals surface area contributed by atoms with E-state index in [0.29, 0.717) is 10.6 Å². The van der Waals surface area contributed by atoms with E-state index in [9.17, 15) is 9.59 Å². The van der Waals surface area contributed by atoms with E-state index >= 15 is 0 Å². The molecule has 0 aliphatic heterocycles. The van der Waals surface area contributed by atoms with Gasteiger partial charge in [0.05, 0.1) is 6.54 Å². The molecule has 86 valence electrons. The average Bonchev–Trinajstić information content (AvgIpc) is 2.26. The van der Waals surface area contributed by atoms with Gasteiger partial charge in [0.25, 0.3) is 0 Å². The van der Waals surface area contributed by atoms with Gasteiger partial charge >= 0.3 is 0 Å². The molecule has 0 aromatic heterocycles. The number of benzene rings is 1. The molecule has 0 radical (unpaired) electrons. The molecule has 1 unspecified atom stereocenters. The van der Waals surface area contributed by atoms with E-state index in [1.54, 1.807) is 24.3 Å². The third-order valence-corrected chi connectivity index (χ3v) is 2.53. The molecule has 0 heterocycles. The molecule has 6 heteroatoms. The third kappa shape index (κ3) is 3.72. The normalized spacial score (nSPS) is 11.9. The standard InChI is InChI=1S/C10H10Cl2N2O2/c11-7-3-1-6(2-4-7)9(12)10(16)14-5-8(13)15/h1-4,9H,5H2,(H2,13,15)(H,14,16). The molecular formula is C10H10Cl2N2O2. The van der Waals surface area contributed by atoms with Crippen molar-refractivity contribution < 1.29 is 9.59 Å². The molecule has 0 saturated heterocycles. The zero-order chi connectivity index (χ0) is 12.1. The molecule has 1 aromatic rings. The quantitative estimate of drug-likeness (QED) is 0.800. The van der Waals surface area contributed by atoms with Gasteiger partial charge in [0, 0.05) is 5.02 Å². The number of rotatable bonds is 4. The summed E-state index contributed by atoms with van der Waals surface area (Å²) in [5, 5.41) is 2.01. The number of halogens is 2. The van der Waals surface area contributed by atoms with Crippen LogP contribution in [0.5, 0.6) is 0 Å². The molecule has 0 fully saturated rings. The summed E-state index contributed by atoms with van der Waals surface area (Å²) < 4.78 is 0. The summed E-state index contributed by atoms with van der Waals surface area (Å²) in [6, 6.07) is 6.55. The minimum absolute atomic E-state index is 0.227. The van der Waals surface area contributed by atoms with Crippen LogP contribution in [0, 0.1) is 0 Å². The Morgan fingerprint density at radius 1 is 1.31 bits per heavy atom. The van der Waals surface area contributed by atoms with E-state index in [1.807, 2.05) is 0 Å². The smallest absolute Gasteiger partial charge is 0.243 e. The van der Waals surface area contributed by atoms with Gasteiger partial charge in [0.1, 0.15) is 5.38 Å². The van der Waals surface area contributed by atoms with Crippen LogP contribution >= 0.6 is 23.2 Å². The minimum Gasteiger partial charge on any atom is -0.368 e. The van der Waals surface area contributed by atoms with Gasteiger partial charge in [0.2, 0.25) is 11.8 Å². The maximum absolute atomic E-state index is 11.4. The van der Waals surface area contributed by atoms with Crippen molar-refractivity contribution in [2.75, 3.05) is 6.54 Å². The van der Waals surface area contributed by atoms with Crippen molar-refractivity contribution in [2.24, 2.45) is 5.73 Å². The van der Waals surface area contributed by atoms with Crippen molar-refractivity contribution in [1.82, 2.24) is 5.32 Å². The Balaban J connectivity index is 2.63. The highest BCUT2D eigenvalue weighted by Crippen LogP contribution is 2.22. The van der Waals surface area contributed by atoms with E-state index in [4.69, 9.17) is 28.9 Å². The van der Waals surface area contributed by atoms with Crippen molar-refractivity contribution in [3.63, 3.8) is 0 Å². The SMILES string of the molecule is NC(=O)CNC(=O)C(Cl)c1ccc(Cl)cc1. The van der Waals surface area contributed by atoms with Gasteiger partial charge in [0.15, 0.2) is 0 Å². The monoisotopic (exact) mass is 260 g/mol. The second-order valence-corrected chi connectivity index (χ2v) is 3.97. The fourth-order valence-corrected chi connectivity index (χ4v) is 1.40. The molecule has 1 aromatic carbocycles. The van der Waals surface area contributed by atoms with Gasteiger partial charge in [-0.1, -0.05) is 23.7 Å². The molecule has 0 bridgehead atoms. The van der Waals surface area contributed by atoms with Crippen molar-refractivity contribution in [1.29, 1.82) is 0 Å². The summed E-state index contributed by atoms with van der Waals surface area (Å²) in [4.78, 5) is 21.9. The van der Waals surface area contributed by atoms with Gasteiger partial charge in [-0.25, -0.2) is 0 Å². The van der Waals surface area contributed by atoms with E-state index in [2.05, 4.69) is 5.32 Å². The lowest BCUT2D eigenvalue weighted by atomic mass is 10.1. The first-order valence-electron chi connectivity index (χ1n) is 4.46. The molecule has 0 aliphatic carbocycles. The highest BCUT2D eigenvalue weighted by molar-refractivity contribution is 6.31. The highest BCUT2D eigenvalue weighted by Gasteiger charge is 2.17. The van der Waals surface area contributed by atoms with Gasteiger partial charge in [-0.3, -0.25) is 9.59 Å². The number of carbonyl (C=O) groups excluding carboxylic acids is 2. The minimum atomic E-state index is -0.864. The Hall–Kier alpha value is -1.26. The Bertz CT molecular complexity index is 392. The van der Waals surface area contributed by atoms with Crippen LogP contribution in [0.15, 0.2) is 24.3 Å². The van der Waals surface area contributed by atoms with E-state index in [0.717, 1.165) is 0 Å². The van der Waals surface area contributed by atoms with Crippen molar-refractivity contribution in [2.45, 2.75) is 5.38 Å². The van der Waals surface area contributed by atoms with Gasteiger partial charge in [-0.2, -0.15) is 0 Å². The molecule has 4 nitrogen and oxygen atoms in total. The number of nitrogens with one attached hydrogen (secondary N) is 1. The summed E-state index contributed by atoms with van der Waals surface area (Å²) >= 11 is 11.6. The van der Waals surface area contributed by atoms with E-state index in [-0.39, 0.29) is 6.54 Å². The van der Waals surface area contributed by atoms with Crippen LogP contribution < -0.4 is 11.1 Å². The number of carbonyl (C=O) groups is 2. The molecule has 0 saturated carbocycles. The highest BCUT2D eigenvalue weighted by atomic mass is 35.5. The summed E-state index contributed by atoms with van der Waals surface area (Å²) in [6.07, 6.45) is 0. The first-order chi connectivity index (χ1) is 7.50. The van der Waals surface area contributed by atoms with Crippen LogP contribution in [0.3, 0.4) is 0 Å². The summed E-state index contributed by atoms with van der Waals surface area (Å²) in [6.45, 7) is -0.227. The molecular weight excluding hydrogens is 251 g/mol. The van der Waals surface area contributed by atoms with Crippen LogP contribution in [0.2, 0.25) is 5.02 Å². The first-order valence-corrected chi connectivity index (χ1v) is 5.27. The molecule has 1 atom stereocenters. The maximum atomic E-state index is 11.4. The number of alkyl halides is 1. The molecule has 2 amide bonds. The third-order valence-electron chi connectivity index (χ3n) is 1.83. The van der Waals surface area contributed by atoms with Gasteiger partial charge in [-0.05, 0) is 17.7 Å². The lowest BCUT2D eigenvalue weighted by molar-refractivity contribution is -0.124. The number of nitrogens with two attached hydrogens (primary N) is 1. The van der Waals surface area contributed by atoms with E-state index < -0.39 is 17.2 Å². The lowest BCUT2D eigenvalue weighted by Gasteiger charge is -2.09. The number of hydrogen-bond donors (Lipinski definition) is 2. The molecule has 0 aliphatic rings. The van der Waals surface area contributed by atoms with Gasteiger partial charge in [-0.15, -0.1) is 11.6 Å². The van der Waals surface area contributed by atoms with E-state index in [1.165, 1.54) is 0 Å². The van der Waals surface area contributed by atoms with Crippen LogP contribution in [-0.2, 0) is 9.59 Å². The van der Waals surface area contributed by atoms with Crippen molar-refractivity contribution in [3.8, 4) is 0 Å². The molecule has 3 N–H and O–H groups in total. The molecule has 1 rings (SSSR count). The second-order valence-electron chi connectivity index (χ2n) is 3.10. The number of hydrogen-bond acceptors (Lipinski definition) is 2. The topological polar surface area (TPSA) is 72.2 Å². The number of amides is 2. The Morgan fingerprint density at radius 2 is 1.88 bits per heavy atom. The predicted molar refractivity (Wildman–Crippen MR) is 62.3 cm³/mol. The zero-order valence-corrected chi connectivity index (χ0v) is 9.76. The molecule has 0 spiro atoms. The molecule has 16 heavy (non-hydrogen) atoms. The summed E-state index contributed by atoms with van der Waals surface area (Å²) in [5.41, 5.74) is 5.49. The Morgan fingerprint density at radius 3 is 2.38 bits per heavy atom. The average molecular weight is 261 g/mol. The first kappa shape index (κ1) is 12.8. The summed E-state index contributed by atoms with van der Waals surface area (Å²) in [7, 11) is 0. The van der Waals surface area contributed by atoms with Crippen LogP contribution in [-0.4, -0.2) is 18.4 Å². The van der Waals surface area contributed by atoms with Crippen LogP contribution in [0.1, 0.15) is 10.9 Å². The van der Waals surface area contributed by atoms with Crippen molar-refractivity contribution >= 4 is 35.0 Å².